The van der Waals surface area contributed by atoms with E-state index in [-0.39, 0.29) is 0 Å². The molecular formula is C17H23N3. The smallest absolute Gasteiger partial charge is 0.225 e. The summed E-state index contributed by atoms with van der Waals surface area (Å²) in [5.41, 5.74) is 1.45. The van der Waals surface area contributed by atoms with Crippen molar-refractivity contribution in [3.05, 3.63) is 30.5 Å². The van der Waals surface area contributed by atoms with E-state index in [2.05, 4.69) is 42.8 Å². The fourth-order valence-electron chi connectivity index (χ4n) is 3.06. The first-order valence-corrected chi connectivity index (χ1v) is 7.51. The molecule has 1 fully saturated rings. The molecule has 1 saturated heterocycles. The number of hydrogen-bond donors (Lipinski definition) is 0. The van der Waals surface area contributed by atoms with Crippen molar-refractivity contribution in [3.63, 3.8) is 0 Å². The van der Waals surface area contributed by atoms with E-state index in [1.165, 1.54) is 12.8 Å². The van der Waals surface area contributed by atoms with E-state index in [1.807, 2.05) is 18.3 Å². The Hall–Kier alpha value is -1.64. The highest BCUT2D eigenvalue weighted by Crippen LogP contribution is 2.35. The molecule has 20 heavy (non-hydrogen) atoms. The zero-order chi connectivity index (χ0) is 14.2. The van der Waals surface area contributed by atoms with E-state index < -0.39 is 0 Å². The van der Waals surface area contributed by atoms with Crippen LogP contribution in [-0.2, 0) is 0 Å². The first-order valence-electron chi connectivity index (χ1n) is 7.51. The minimum Gasteiger partial charge on any atom is -0.341 e. The molecule has 0 bridgehead atoms. The largest absolute Gasteiger partial charge is 0.341 e. The zero-order valence-electron chi connectivity index (χ0n) is 12.6. The maximum absolute atomic E-state index is 4.70. The van der Waals surface area contributed by atoms with Gasteiger partial charge in [-0.25, -0.2) is 9.97 Å². The van der Waals surface area contributed by atoms with Gasteiger partial charge >= 0.3 is 0 Å². The molecule has 1 aliphatic rings. The van der Waals surface area contributed by atoms with Crippen molar-refractivity contribution in [3.8, 4) is 0 Å². The quantitative estimate of drug-likeness (QED) is 0.786. The molecule has 0 aliphatic carbocycles. The Labute approximate surface area is 121 Å². The molecule has 3 rings (SSSR count). The van der Waals surface area contributed by atoms with Crippen molar-refractivity contribution in [2.24, 2.45) is 11.3 Å². The van der Waals surface area contributed by atoms with Gasteiger partial charge in [-0.1, -0.05) is 39.0 Å². The zero-order valence-corrected chi connectivity index (χ0v) is 12.6. The Morgan fingerprint density at radius 1 is 1.10 bits per heavy atom. The van der Waals surface area contributed by atoms with Gasteiger partial charge in [0, 0.05) is 24.7 Å². The topological polar surface area (TPSA) is 29.0 Å². The average molecular weight is 269 g/mol. The Morgan fingerprint density at radius 3 is 2.50 bits per heavy atom. The van der Waals surface area contributed by atoms with E-state index in [0.717, 1.165) is 35.9 Å². The van der Waals surface area contributed by atoms with Crippen LogP contribution in [0.15, 0.2) is 30.5 Å². The van der Waals surface area contributed by atoms with Gasteiger partial charge in [-0.2, -0.15) is 0 Å². The van der Waals surface area contributed by atoms with Gasteiger partial charge in [-0.15, -0.1) is 0 Å². The lowest BCUT2D eigenvalue weighted by Gasteiger charge is -2.38. The van der Waals surface area contributed by atoms with Crippen molar-refractivity contribution in [1.29, 1.82) is 0 Å². The molecule has 0 spiro atoms. The third-order valence-electron chi connectivity index (χ3n) is 4.48. The monoisotopic (exact) mass is 269 g/mol. The molecule has 3 nitrogen and oxygen atoms in total. The molecule has 0 unspecified atom stereocenters. The highest BCUT2D eigenvalue weighted by atomic mass is 15.2. The second-order valence-electron chi connectivity index (χ2n) is 6.86. The molecule has 3 heteroatoms. The van der Waals surface area contributed by atoms with Crippen LogP contribution in [0.4, 0.5) is 5.95 Å². The highest BCUT2D eigenvalue weighted by molar-refractivity contribution is 5.78. The van der Waals surface area contributed by atoms with Crippen molar-refractivity contribution >= 4 is 16.9 Å². The lowest BCUT2D eigenvalue weighted by atomic mass is 9.75. The average Bonchev–Trinajstić information content (AvgIpc) is 2.46. The number of piperidine rings is 1. The van der Waals surface area contributed by atoms with Crippen LogP contribution in [0.1, 0.15) is 33.6 Å². The third-order valence-corrected chi connectivity index (χ3v) is 4.48. The highest BCUT2D eigenvalue weighted by Gasteiger charge is 2.29. The molecule has 1 aromatic heterocycles. The molecule has 0 radical (unpaired) electrons. The maximum atomic E-state index is 4.70. The summed E-state index contributed by atoms with van der Waals surface area (Å²) in [5.74, 6) is 1.69. The van der Waals surface area contributed by atoms with E-state index in [9.17, 15) is 0 Å². The number of benzene rings is 1. The Morgan fingerprint density at radius 2 is 1.80 bits per heavy atom. The third kappa shape index (κ3) is 2.62. The summed E-state index contributed by atoms with van der Waals surface area (Å²) in [6, 6.07) is 8.18. The lowest BCUT2D eigenvalue weighted by Crippen LogP contribution is -2.38. The van der Waals surface area contributed by atoms with Gasteiger partial charge in [-0.05, 0) is 30.2 Å². The molecule has 2 aromatic rings. The predicted octanol–water partition coefficient (Wildman–Crippen LogP) is 3.89. The van der Waals surface area contributed by atoms with Crippen molar-refractivity contribution in [2.75, 3.05) is 18.0 Å². The second-order valence-corrected chi connectivity index (χ2v) is 6.86. The number of hydrogen-bond acceptors (Lipinski definition) is 3. The van der Waals surface area contributed by atoms with Crippen LogP contribution in [-0.4, -0.2) is 23.1 Å². The molecule has 0 N–H and O–H groups in total. The molecule has 1 aliphatic heterocycles. The summed E-state index contributed by atoms with van der Waals surface area (Å²) in [5, 5.41) is 1.11. The van der Waals surface area contributed by atoms with Gasteiger partial charge in [0.2, 0.25) is 5.95 Å². The van der Waals surface area contributed by atoms with E-state index in [1.54, 1.807) is 0 Å². The first kappa shape index (κ1) is 13.3. The van der Waals surface area contributed by atoms with Crippen LogP contribution < -0.4 is 4.90 Å². The Balaban J connectivity index is 1.76. The van der Waals surface area contributed by atoms with Crippen LogP contribution in [0.25, 0.3) is 10.9 Å². The molecule has 0 atom stereocenters. The Bertz CT molecular complexity index is 592. The van der Waals surface area contributed by atoms with Crippen LogP contribution in [0.5, 0.6) is 0 Å². The van der Waals surface area contributed by atoms with Gasteiger partial charge in [0.1, 0.15) is 0 Å². The van der Waals surface area contributed by atoms with Crippen molar-refractivity contribution < 1.29 is 0 Å². The summed E-state index contributed by atoms with van der Waals surface area (Å²) in [6.07, 6.45) is 4.41. The van der Waals surface area contributed by atoms with Crippen LogP contribution in [0.2, 0.25) is 0 Å². The standard InChI is InChI=1S/C17H23N3/c1-17(2,3)14-8-10-20(11-9-14)16-18-12-13-6-4-5-7-15(13)19-16/h4-7,12,14H,8-11H2,1-3H3. The van der Waals surface area contributed by atoms with Crippen molar-refractivity contribution in [2.45, 2.75) is 33.6 Å². The number of nitrogens with zero attached hydrogens (tertiary/aromatic N) is 3. The first-order chi connectivity index (χ1) is 9.54. The molecule has 0 saturated carbocycles. The van der Waals surface area contributed by atoms with E-state index >= 15 is 0 Å². The van der Waals surface area contributed by atoms with E-state index in [0.29, 0.717) is 5.41 Å². The summed E-state index contributed by atoms with van der Waals surface area (Å²) >= 11 is 0. The number of fused-ring (bicyclic) bond motifs is 1. The molecule has 2 heterocycles. The van der Waals surface area contributed by atoms with Gasteiger partial charge in [0.25, 0.3) is 0 Å². The van der Waals surface area contributed by atoms with E-state index in [4.69, 9.17) is 4.98 Å². The Kier molecular flexibility index (Phi) is 3.36. The summed E-state index contributed by atoms with van der Waals surface area (Å²) in [7, 11) is 0. The number of anilines is 1. The van der Waals surface area contributed by atoms with Gasteiger partial charge < -0.3 is 4.90 Å². The van der Waals surface area contributed by atoms with Crippen LogP contribution >= 0.6 is 0 Å². The van der Waals surface area contributed by atoms with Crippen LogP contribution in [0.3, 0.4) is 0 Å². The minimum absolute atomic E-state index is 0.413. The normalized spacial score (nSPS) is 17.6. The summed E-state index contributed by atoms with van der Waals surface area (Å²) in [4.78, 5) is 11.6. The lowest BCUT2D eigenvalue weighted by molar-refractivity contribution is 0.198. The number of para-hydroxylation sites is 1. The predicted molar refractivity (Wildman–Crippen MR) is 83.9 cm³/mol. The SMILES string of the molecule is CC(C)(C)C1CCN(c2ncc3ccccc3n2)CC1. The van der Waals surface area contributed by atoms with Gasteiger partial charge in [-0.3, -0.25) is 0 Å². The number of rotatable bonds is 1. The van der Waals surface area contributed by atoms with Gasteiger partial charge in [0.05, 0.1) is 5.52 Å². The molecular weight excluding hydrogens is 246 g/mol. The van der Waals surface area contributed by atoms with Crippen LogP contribution in [0, 0.1) is 11.3 Å². The summed E-state index contributed by atoms with van der Waals surface area (Å²) < 4.78 is 0. The van der Waals surface area contributed by atoms with Gasteiger partial charge in [0.15, 0.2) is 0 Å². The molecule has 1 aromatic carbocycles. The molecule has 106 valence electrons. The molecule has 0 amide bonds. The minimum atomic E-state index is 0.413. The summed E-state index contributed by atoms with van der Waals surface area (Å²) in [6.45, 7) is 9.18. The maximum Gasteiger partial charge on any atom is 0.225 e. The van der Waals surface area contributed by atoms with Crippen molar-refractivity contribution in [1.82, 2.24) is 9.97 Å². The second kappa shape index (κ2) is 5.04. The number of aromatic nitrogens is 2. The fraction of sp³-hybridized carbons (Fsp3) is 0.529. The fourth-order valence-corrected chi connectivity index (χ4v) is 3.06.